The van der Waals surface area contributed by atoms with Crippen molar-refractivity contribution in [3.8, 4) is 5.75 Å². The van der Waals surface area contributed by atoms with Crippen LogP contribution in [-0.2, 0) is 4.79 Å². The van der Waals surface area contributed by atoms with Gasteiger partial charge in [0.15, 0.2) is 0 Å². The molecule has 0 aromatic heterocycles. The number of hydrogen-bond donors (Lipinski definition) is 1. The maximum Gasteiger partial charge on any atom is 0.244 e. The van der Waals surface area contributed by atoms with E-state index in [-0.39, 0.29) is 12.5 Å². The average molecular weight is 266 g/mol. The quantitative estimate of drug-likeness (QED) is 0.832. The minimum Gasteiger partial charge on any atom is -0.496 e. The Hall–Kier alpha value is -1.74. The van der Waals surface area contributed by atoms with Crippen molar-refractivity contribution >= 4 is 23.6 Å². The molecule has 96 valence electrons. The van der Waals surface area contributed by atoms with Gasteiger partial charge in [0.2, 0.25) is 5.91 Å². The first kappa shape index (κ1) is 14.3. The first-order valence-corrected chi connectivity index (χ1v) is 5.84. The first-order chi connectivity index (χ1) is 8.52. The lowest BCUT2D eigenvalue weighted by molar-refractivity contribution is -0.116. The SMILES string of the molecule is C=C(Cl)CNC(=O)/C=C/c1cc(C)ccc1OC. The molecule has 0 bridgehead atoms. The van der Waals surface area contributed by atoms with Crippen molar-refractivity contribution < 1.29 is 9.53 Å². The molecule has 3 nitrogen and oxygen atoms in total. The van der Waals surface area contributed by atoms with Crippen molar-refractivity contribution in [3.05, 3.63) is 47.0 Å². The predicted molar refractivity (Wildman–Crippen MR) is 74.8 cm³/mol. The van der Waals surface area contributed by atoms with Gasteiger partial charge in [0.05, 0.1) is 13.7 Å². The van der Waals surface area contributed by atoms with E-state index in [1.807, 2.05) is 25.1 Å². The highest BCUT2D eigenvalue weighted by Gasteiger charge is 2.01. The Morgan fingerprint density at radius 1 is 1.56 bits per heavy atom. The van der Waals surface area contributed by atoms with Gasteiger partial charge in [0, 0.05) is 16.7 Å². The molecule has 4 heteroatoms. The number of hydrogen-bond acceptors (Lipinski definition) is 2. The van der Waals surface area contributed by atoms with Gasteiger partial charge in [-0.15, -0.1) is 0 Å². The molecule has 0 aliphatic carbocycles. The summed E-state index contributed by atoms with van der Waals surface area (Å²) in [7, 11) is 1.60. The Kier molecular flexibility index (Phi) is 5.46. The number of rotatable bonds is 5. The van der Waals surface area contributed by atoms with Gasteiger partial charge in [-0.05, 0) is 25.1 Å². The minimum atomic E-state index is -0.222. The summed E-state index contributed by atoms with van der Waals surface area (Å²) in [4.78, 5) is 11.5. The highest BCUT2D eigenvalue weighted by molar-refractivity contribution is 6.29. The molecule has 1 aromatic carbocycles. The lowest BCUT2D eigenvalue weighted by atomic mass is 10.1. The van der Waals surface area contributed by atoms with E-state index in [2.05, 4.69) is 11.9 Å². The largest absolute Gasteiger partial charge is 0.496 e. The lowest BCUT2D eigenvalue weighted by Crippen LogP contribution is -2.21. The number of halogens is 1. The topological polar surface area (TPSA) is 38.3 Å². The molecule has 1 aromatic rings. The highest BCUT2D eigenvalue weighted by Crippen LogP contribution is 2.20. The van der Waals surface area contributed by atoms with Crippen LogP contribution in [0, 0.1) is 6.92 Å². The Labute approximate surface area is 112 Å². The zero-order valence-electron chi connectivity index (χ0n) is 10.5. The van der Waals surface area contributed by atoms with Crippen LogP contribution in [0.2, 0.25) is 0 Å². The van der Waals surface area contributed by atoms with Crippen LogP contribution in [0.15, 0.2) is 35.9 Å². The van der Waals surface area contributed by atoms with E-state index in [9.17, 15) is 4.79 Å². The second-order valence-electron chi connectivity index (χ2n) is 3.81. The Bertz CT molecular complexity index is 481. The lowest BCUT2D eigenvalue weighted by Gasteiger charge is -2.05. The molecule has 0 unspecified atom stereocenters. The average Bonchev–Trinajstić information content (AvgIpc) is 2.34. The number of methoxy groups -OCH3 is 1. The monoisotopic (exact) mass is 265 g/mol. The van der Waals surface area contributed by atoms with Gasteiger partial charge in [-0.2, -0.15) is 0 Å². The van der Waals surface area contributed by atoms with Crippen LogP contribution in [0.3, 0.4) is 0 Å². The second kappa shape index (κ2) is 6.87. The third-order valence-corrected chi connectivity index (χ3v) is 2.39. The van der Waals surface area contributed by atoms with Crippen molar-refractivity contribution in [1.82, 2.24) is 5.32 Å². The highest BCUT2D eigenvalue weighted by atomic mass is 35.5. The standard InChI is InChI=1S/C14H16ClNO2/c1-10-4-6-13(18-3)12(8-10)5-7-14(17)16-9-11(2)15/h4-8H,2,9H2,1,3H3,(H,16,17)/b7-5+. The molecule has 0 aliphatic rings. The molecule has 0 heterocycles. The summed E-state index contributed by atoms with van der Waals surface area (Å²) in [5.41, 5.74) is 1.96. The van der Waals surface area contributed by atoms with Crippen LogP contribution < -0.4 is 10.1 Å². The molecule has 0 radical (unpaired) electrons. The van der Waals surface area contributed by atoms with Crippen LogP contribution in [-0.4, -0.2) is 19.6 Å². The van der Waals surface area contributed by atoms with Crippen molar-refractivity contribution in [2.75, 3.05) is 13.7 Å². The van der Waals surface area contributed by atoms with Gasteiger partial charge in [0.1, 0.15) is 5.75 Å². The molecule has 0 saturated carbocycles. The summed E-state index contributed by atoms with van der Waals surface area (Å²) in [6.07, 6.45) is 3.15. The van der Waals surface area contributed by atoms with Crippen molar-refractivity contribution in [2.45, 2.75) is 6.92 Å². The summed E-state index contributed by atoms with van der Waals surface area (Å²) >= 11 is 5.55. The van der Waals surface area contributed by atoms with Gasteiger partial charge < -0.3 is 10.1 Å². The van der Waals surface area contributed by atoms with E-state index < -0.39 is 0 Å². The third kappa shape index (κ3) is 4.63. The van der Waals surface area contributed by atoms with Gasteiger partial charge in [-0.25, -0.2) is 0 Å². The third-order valence-electron chi connectivity index (χ3n) is 2.25. The number of carbonyl (C=O) groups excluding carboxylic acids is 1. The molecular weight excluding hydrogens is 250 g/mol. The second-order valence-corrected chi connectivity index (χ2v) is 4.35. The van der Waals surface area contributed by atoms with Gasteiger partial charge in [0.25, 0.3) is 0 Å². The molecule has 18 heavy (non-hydrogen) atoms. The van der Waals surface area contributed by atoms with Crippen LogP contribution in [0.4, 0.5) is 0 Å². The number of carbonyl (C=O) groups is 1. The molecule has 1 N–H and O–H groups in total. The normalized spacial score (nSPS) is 10.4. The fraction of sp³-hybridized carbons (Fsp3) is 0.214. The van der Waals surface area contributed by atoms with Gasteiger partial charge >= 0.3 is 0 Å². The van der Waals surface area contributed by atoms with Crippen LogP contribution in [0.25, 0.3) is 6.08 Å². The number of ether oxygens (including phenoxy) is 1. The fourth-order valence-electron chi connectivity index (χ4n) is 1.39. The van der Waals surface area contributed by atoms with Crippen LogP contribution in [0.1, 0.15) is 11.1 Å². The molecular formula is C14H16ClNO2. The maximum absolute atomic E-state index is 11.5. The van der Waals surface area contributed by atoms with Crippen LogP contribution in [0.5, 0.6) is 5.75 Å². The summed E-state index contributed by atoms with van der Waals surface area (Å²) in [6.45, 7) is 5.73. The minimum absolute atomic E-state index is 0.222. The molecule has 0 aliphatic heterocycles. The van der Waals surface area contributed by atoms with E-state index in [0.717, 1.165) is 16.9 Å². The smallest absolute Gasteiger partial charge is 0.244 e. The summed E-state index contributed by atoms with van der Waals surface area (Å²) in [6, 6.07) is 5.77. The van der Waals surface area contributed by atoms with E-state index in [4.69, 9.17) is 16.3 Å². The van der Waals surface area contributed by atoms with Crippen molar-refractivity contribution in [1.29, 1.82) is 0 Å². The number of amides is 1. The van der Waals surface area contributed by atoms with E-state index >= 15 is 0 Å². The van der Waals surface area contributed by atoms with E-state index in [0.29, 0.717) is 5.03 Å². The van der Waals surface area contributed by atoms with E-state index in [1.54, 1.807) is 13.2 Å². The van der Waals surface area contributed by atoms with Gasteiger partial charge in [-0.1, -0.05) is 29.8 Å². The van der Waals surface area contributed by atoms with E-state index in [1.165, 1.54) is 6.08 Å². The molecule has 0 saturated heterocycles. The summed E-state index contributed by atoms with van der Waals surface area (Å²) < 4.78 is 5.21. The fourth-order valence-corrected chi connectivity index (χ4v) is 1.46. The predicted octanol–water partition coefficient (Wildman–Crippen LogP) is 2.89. The Morgan fingerprint density at radius 3 is 2.89 bits per heavy atom. The zero-order valence-corrected chi connectivity index (χ0v) is 11.3. The summed E-state index contributed by atoms with van der Waals surface area (Å²) in [5.74, 6) is 0.506. The molecule has 1 rings (SSSR count). The van der Waals surface area contributed by atoms with Gasteiger partial charge in [-0.3, -0.25) is 4.79 Å². The molecule has 0 spiro atoms. The Balaban J connectivity index is 2.74. The molecule has 0 atom stereocenters. The molecule has 0 fully saturated rings. The van der Waals surface area contributed by atoms with Crippen molar-refractivity contribution in [2.24, 2.45) is 0 Å². The summed E-state index contributed by atoms with van der Waals surface area (Å²) in [5, 5.41) is 3.00. The first-order valence-electron chi connectivity index (χ1n) is 5.46. The number of aryl methyl sites for hydroxylation is 1. The Morgan fingerprint density at radius 2 is 2.28 bits per heavy atom. The maximum atomic E-state index is 11.5. The zero-order chi connectivity index (χ0) is 13.5. The van der Waals surface area contributed by atoms with Crippen LogP contribution >= 0.6 is 11.6 Å². The number of benzene rings is 1. The van der Waals surface area contributed by atoms with Crippen molar-refractivity contribution in [3.63, 3.8) is 0 Å². The number of nitrogens with one attached hydrogen (secondary N) is 1. The molecule has 1 amide bonds.